The Morgan fingerprint density at radius 2 is 1.65 bits per heavy atom. The summed E-state index contributed by atoms with van der Waals surface area (Å²) in [4.78, 5) is -0.565. The van der Waals surface area contributed by atoms with Gasteiger partial charge in [0.1, 0.15) is 5.75 Å². The summed E-state index contributed by atoms with van der Waals surface area (Å²) in [5, 5.41) is 0. The number of halogens is 4. The van der Waals surface area contributed by atoms with Crippen molar-refractivity contribution in [2.24, 2.45) is 0 Å². The van der Waals surface area contributed by atoms with Crippen molar-refractivity contribution in [2.75, 3.05) is 0 Å². The summed E-state index contributed by atoms with van der Waals surface area (Å²) in [6.45, 7) is 0. The van der Waals surface area contributed by atoms with Crippen LogP contribution >= 0.6 is 0 Å². The van der Waals surface area contributed by atoms with E-state index in [1.54, 1.807) is 0 Å². The van der Waals surface area contributed by atoms with E-state index in [1.165, 1.54) is 0 Å². The molecule has 0 fully saturated rings. The molecule has 0 aliphatic rings. The van der Waals surface area contributed by atoms with Crippen LogP contribution in [0, 0.1) is 0 Å². The van der Waals surface area contributed by atoms with Gasteiger partial charge in [-0.05, 0) is 24.3 Å². The minimum Gasteiger partial charge on any atom is -0.428 e. The molecule has 0 aliphatic heterocycles. The maximum Gasteiger partial charge on any atom is 0.461 e. The van der Waals surface area contributed by atoms with Gasteiger partial charge in [-0.3, -0.25) is 4.55 Å². The van der Waals surface area contributed by atoms with Crippen molar-refractivity contribution in [1.29, 1.82) is 0 Å². The molecular formula is C8H6F4O4S. The van der Waals surface area contributed by atoms with E-state index in [2.05, 4.69) is 4.74 Å². The lowest BCUT2D eigenvalue weighted by Gasteiger charge is -2.16. The quantitative estimate of drug-likeness (QED) is 0.675. The van der Waals surface area contributed by atoms with Gasteiger partial charge < -0.3 is 4.74 Å². The van der Waals surface area contributed by atoms with Gasteiger partial charge in [0.25, 0.3) is 10.1 Å². The van der Waals surface area contributed by atoms with Gasteiger partial charge in [-0.1, -0.05) is 0 Å². The lowest BCUT2D eigenvalue weighted by Crippen LogP contribution is -2.33. The van der Waals surface area contributed by atoms with Crippen LogP contribution in [0.4, 0.5) is 17.6 Å². The van der Waals surface area contributed by atoms with Gasteiger partial charge in [-0.15, -0.1) is 0 Å². The van der Waals surface area contributed by atoms with Crippen LogP contribution in [0.2, 0.25) is 0 Å². The highest BCUT2D eigenvalue weighted by Gasteiger charge is 2.43. The van der Waals surface area contributed by atoms with E-state index in [9.17, 15) is 26.0 Å². The Kier molecular flexibility index (Phi) is 3.62. The van der Waals surface area contributed by atoms with E-state index >= 15 is 0 Å². The second-order valence-electron chi connectivity index (χ2n) is 2.91. The minimum atomic E-state index is -4.67. The molecule has 0 radical (unpaired) electrons. The number of ether oxygens (including phenoxy) is 1. The summed E-state index contributed by atoms with van der Waals surface area (Å²) in [7, 11) is -4.47. The van der Waals surface area contributed by atoms with Crippen molar-refractivity contribution in [1.82, 2.24) is 0 Å². The van der Waals surface area contributed by atoms with Gasteiger partial charge in [0, 0.05) is 0 Å². The normalized spacial score (nSPS) is 12.8. The summed E-state index contributed by atoms with van der Waals surface area (Å²) in [5.74, 6) is -0.650. The molecule has 4 nitrogen and oxygen atoms in total. The Balaban J connectivity index is 2.90. The number of alkyl halides is 4. The van der Waals surface area contributed by atoms with Crippen LogP contribution < -0.4 is 4.74 Å². The second kappa shape index (κ2) is 4.49. The molecule has 0 unspecified atom stereocenters. The van der Waals surface area contributed by atoms with E-state index in [1.807, 2.05) is 0 Å². The molecule has 0 spiro atoms. The Bertz CT molecular complexity index is 483. The van der Waals surface area contributed by atoms with Crippen molar-refractivity contribution in [3.63, 3.8) is 0 Å². The van der Waals surface area contributed by atoms with Crippen LogP contribution in [-0.4, -0.2) is 25.5 Å². The lowest BCUT2D eigenvalue weighted by atomic mass is 10.3. The van der Waals surface area contributed by atoms with Crippen LogP contribution in [0.1, 0.15) is 0 Å². The topological polar surface area (TPSA) is 63.6 Å². The van der Waals surface area contributed by atoms with E-state index in [4.69, 9.17) is 4.55 Å². The first-order chi connectivity index (χ1) is 7.63. The minimum absolute atomic E-state index is 0.565. The molecule has 96 valence electrons. The molecular weight excluding hydrogens is 268 g/mol. The first-order valence-electron chi connectivity index (χ1n) is 4.05. The van der Waals surface area contributed by atoms with E-state index < -0.39 is 33.3 Å². The van der Waals surface area contributed by atoms with Crippen LogP contribution in [0.25, 0.3) is 0 Å². The zero-order valence-corrected chi connectivity index (χ0v) is 8.80. The SMILES string of the molecule is O=S(=O)(O)c1ccc(OC(F)(F)C(F)F)cc1. The third-order valence-corrected chi connectivity index (χ3v) is 2.50. The average molecular weight is 274 g/mol. The molecule has 17 heavy (non-hydrogen) atoms. The third-order valence-electron chi connectivity index (χ3n) is 1.63. The molecule has 9 heteroatoms. The summed E-state index contributed by atoms with van der Waals surface area (Å²) < 4.78 is 81.8. The molecule has 0 amide bonds. The predicted molar refractivity (Wildman–Crippen MR) is 47.8 cm³/mol. The highest BCUT2D eigenvalue weighted by atomic mass is 32.2. The second-order valence-corrected chi connectivity index (χ2v) is 4.33. The van der Waals surface area contributed by atoms with Crippen molar-refractivity contribution in [3.05, 3.63) is 24.3 Å². The summed E-state index contributed by atoms with van der Waals surface area (Å²) >= 11 is 0. The van der Waals surface area contributed by atoms with Crippen LogP contribution in [0.5, 0.6) is 5.75 Å². The van der Waals surface area contributed by atoms with E-state index in [0.717, 1.165) is 24.3 Å². The Morgan fingerprint density at radius 1 is 1.18 bits per heavy atom. The van der Waals surface area contributed by atoms with Gasteiger partial charge in [-0.2, -0.15) is 26.0 Å². The number of hydrogen-bond acceptors (Lipinski definition) is 3. The zero-order valence-electron chi connectivity index (χ0n) is 7.98. The third kappa shape index (κ3) is 3.56. The molecule has 0 saturated carbocycles. The molecule has 0 saturated heterocycles. The number of hydrogen-bond donors (Lipinski definition) is 1. The fourth-order valence-electron chi connectivity index (χ4n) is 0.881. The fourth-order valence-corrected chi connectivity index (χ4v) is 1.36. The molecule has 1 N–H and O–H groups in total. The summed E-state index contributed by atoms with van der Waals surface area (Å²) in [6.07, 6.45) is -8.68. The van der Waals surface area contributed by atoms with Crippen molar-refractivity contribution < 1.29 is 35.3 Å². The largest absolute Gasteiger partial charge is 0.461 e. The molecule has 0 bridgehead atoms. The standard InChI is InChI=1S/C8H6F4O4S/c9-7(10)8(11,12)16-5-1-3-6(4-2-5)17(13,14)15/h1-4,7H,(H,13,14,15). The van der Waals surface area contributed by atoms with Gasteiger partial charge in [-0.25, -0.2) is 0 Å². The van der Waals surface area contributed by atoms with Crippen LogP contribution in [0.15, 0.2) is 29.2 Å². The smallest absolute Gasteiger partial charge is 0.428 e. The summed E-state index contributed by atoms with van der Waals surface area (Å²) in [6, 6.07) is 2.93. The lowest BCUT2D eigenvalue weighted by molar-refractivity contribution is -0.253. The van der Waals surface area contributed by atoms with E-state index in [0.29, 0.717) is 0 Å². The first-order valence-corrected chi connectivity index (χ1v) is 5.49. The maximum atomic E-state index is 12.4. The molecule has 1 aromatic rings. The number of rotatable bonds is 4. The van der Waals surface area contributed by atoms with Gasteiger partial charge in [0.05, 0.1) is 4.90 Å². The molecule has 0 aliphatic carbocycles. The Hall–Kier alpha value is -1.35. The predicted octanol–water partition coefficient (Wildman–Crippen LogP) is 2.17. The molecule has 0 atom stereocenters. The molecule has 0 heterocycles. The monoisotopic (exact) mass is 274 g/mol. The van der Waals surface area contributed by atoms with E-state index in [-0.39, 0.29) is 0 Å². The van der Waals surface area contributed by atoms with Crippen LogP contribution in [0.3, 0.4) is 0 Å². The molecule has 1 rings (SSSR count). The maximum absolute atomic E-state index is 12.4. The summed E-state index contributed by atoms with van der Waals surface area (Å²) in [5.41, 5.74) is 0. The van der Waals surface area contributed by atoms with Gasteiger partial charge >= 0.3 is 12.5 Å². The highest BCUT2D eigenvalue weighted by molar-refractivity contribution is 7.85. The highest BCUT2D eigenvalue weighted by Crippen LogP contribution is 2.27. The average Bonchev–Trinajstić information content (AvgIpc) is 2.16. The van der Waals surface area contributed by atoms with Crippen LogP contribution in [-0.2, 0) is 10.1 Å². The zero-order chi connectivity index (χ0) is 13.3. The van der Waals surface area contributed by atoms with Crippen molar-refractivity contribution in [3.8, 4) is 5.75 Å². The molecule has 1 aromatic carbocycles. The Labute approximate surface area is 93.6 Å². The molecule has 0 aromatic heterocycles. The van der Waals surface area contributed by atoms with Crippen molar-refractivity contribution >= 4 is 10.1 Å². The van der Waals surface area contributed by atoms with Gasteiger partial charge in [0.2, 0.25) is 0 Å². The number of benzene rings is 1. The van der Waals surface area contributed by atoms with Crippen molar-refractivity contribution in [2.45, 2.75) is 17.4 Å². The Morgan fingerprint density at radius 3 is 2.00 bits per heavy atom. The first kappa shape index (κ1) is 13.7. The van der Waals surface area contributed by atoms with Gasteiger partial charge in [0.15, 0.2) is 0 Å². The fraction of sp³-hybridized carbons (Fsp3) is 0.250.